The quantitative estimate of drug-likeness (QED) is 0.895. The third-order valence-corrected chi connectivity index (χ3v) is 4.35. The minimum Gasteiger partial charge on any atom is -0.396 e. The molecule has 0 bridgehead atoms. The molecule has 1 aromatic heterocycles. The monoisotopic (exact) mass is 301 g/mol. The lowest BCUT2D eigenvalue weighted by atomic mass is 9.94. The highest BCUT2D eigenvalue weighted by Gasteiger charge is 2.27. The first-order valence-corrected chi connectivity index (χ1v) is 7.77. The van der Waals surface area contributed by atoms with E-state index in [0.29, 0.717) is 6.54 Å². The Labute approximate surface area is 130 Å². The lowest BCUT2D eigenvalue weighted by molar-refractivity contribution is -0.00444. The highest BCUT2D eigenvalue weighted by atomic mass is 16.3. The van der Waals surface area contributed by atoms with Crippen molar-refractivity contribution in [1.29, 1.82) is 0 Å². The normalized spacial score (nSPS) is 22.9. The van der Waals surface area contributed by atoms with E-state index in [4.69, 9.17) is 0 Å². The molecule has 2 N–H and O–H groups in total. The maximum atomic E-state index is 10.0. The van der Waals surface area contributed by atoms with Crippen molar-refractivity contribution in [3.63, 3.8) is 0 Å². The second-order valence-electron chi connectivity index (χ2n) is 6.17. The van der Waals surface area contributed by atoms with Gasteiger partial charge in [-0.15, -0.1) is 0 Å². The first-order chi connectivity index (χ1) is 10.7. The molecule has 1 aliphatic rings. The number of aromatic nitrogens is 2. The lowest BCUT2D eigenvalue weighted by Crippen LogP contribution is -2.44. The van der Waals surface area contributed by atoms with Crippen molar-refractivity contribution in [3.8, 4) is 5.69 Å². The van der Waals surface area contributed by atoms with E-state index in [1.807, 2.05) is 29.2 Å². The topological polar surface area (TPSA) is 61.5 Å². The van der Waals surface area contributed by atoms with Gasteiger partial charge in [0.05, 0.1) is 18.0 Å². The number of benzene rings is 1. The van der Waals surface area contributed by atoms with E-state index in [-0.39, 0.29) is 12.5 Å². The SMILES string of the molecule is Cc1cccc(-n2cc(CN3CC[C@@H](CO)[C@H](O)C3)cn2)c1. The first kappa shape index (κ1) is 15.2. The average molecular weight is 301 g/mol. The largest absolute Gasteiger partial charge is 0.396 e. The zero-order valence-corrected chi connectivity index (χ0v) is 12.9. The number of nitrogens with zero attached hydrogens (tertiary/aromatic N) is 3. The van der Waals surface area contributed by atoms with Crippen LogP contribution in [0.25, 0.3) is 5.69 Å². The minimum atomic E-state index is -0.439. The zero-order chi connectivity index (χ0) is 15.5. The van der Waals surface area contributed by atoms with Crippen LogP contribution < -0.4 is 0 Å². The number of aliphatic hydroxyl groups excluding tert-OH is 2. The van der Waals surface area contributed by atoms with E-state index in [2.05, 4.69) is 29.1 Å². The molecule has 118 valence electrons. The predicted molar refractivity (Wildman–Crippen MR) is 84.8 cm³/mol. The Morgan fingerprint density at radius 2 is 2.23 bits per heavy atom. The van der Waals surface area contributed by atoms with Crippen LogP contribution in [0.2, 0.25) is 0 Å². The Bertz CT molecular complexity index is 626. The second-order valence-corrected chi connectivity index (χ2v) is 6.17. The van der Waals surface area contributed by atoms with Crippen LogP contribution in [0.3, 0.4) is 0 Å². The van der Waals surface area contributed by atoms with Crippen LogP contribution in [0.5, 0.6) is 0 Å². The number of piperidine rings is 1. The van der Waals surface area contributed by atoms with Crippen molar-refractivity contribution in [1.82, 2.24) is 14.7 Å². The van der Waals surface area contributed by atoms with E-state index in [9.17, 15) is 10.2 Å². The summed E-state index contributed by atoms with van der Waals surface area (Å²) in [6.07, 6.45) is 4.32. The Hall–Kier alpha value is -1.69. The average Bonchev–Trinajstić information content (AvgIpc) is 2.96. The van der Waals surface area contributed by atoms with Crippen molar-refractivity contribution < 1.29 is 10.2 Å². The van der Waals surface area contributed by atoms with Gasteiger partial charge in [0, 0.05) is 37.4 Å². The van der Waals surface area contributed by atoms with Crippen LogP contribution in [-0.2, 0) is 6.54 Å². The molecule has 5 heteroatoms. The molecule has 2 aromatic rings. The van der Waals surface area contributed by atoms with Gasteiger partial charge in [-0.05, 0) is 37.6 Å². The van der Waals surface area contributed by atoms with Crippen molar-refractivity contribution in [2.75, 3.05) is 19.7 Å². The summed E-state index contributed by atoms with van der Waals surface area (Å²) in [6.45, 7) is 4.43. The molecule has 1 saturated heterocycles. The van der Waals surface area contributed by atoms with Crippen molar-refractivity contribution in [2.45, 2.75) is 26.0 Å². The van der Waals surface area contributed by atoms with Gasteiger partial charge in [0.15, 0.2) is 0 Å². The molecular weight excluding hydrogens is 278 g/mol. The molecular formula is C17H23N3O2. The van der Waals surface area contributed by atoms with Crippen molar-refractivity contribution in [2.24, 2.45) is 5.92 Å². The maximum Gasteiger partial charge on any atom is 0.0717 e. The van der Waals surface area contributed by atoms with Crippen LogP contribution >= 0.6 is 0 Å². The number of likely N-dealkylation sites (tertiary alicyclic amines) is 1. The second kappa shape index (κ2) is 6.60. The van der Waals surface area contributed by atoms with Gasteiger partial charge in [0.2, 0.25) is 0 Å². The summed E-state index contributed by atoms with van der Waals surface area (Å²) in [7, 11) is 0. The molecule has 3 rings (SSSR count). The molecule has 0 saturated carbocycles. The van der Waals surface area contributed by atoms with Gasteiger partial charge < -0.3 is 10.2 Å². The van der Waals surface area contributed by atoms with E-state index >= 15 is 0 Å². The van der Waals surface area contributed by atoms with E-state index in [1.165, 1.54) is 5.56 Å². The van der Waals surface area contributed by atoms with Crippen LogP contribution in [0.15, 0.2) is 36.7 Å². The van der Waals surface area contributed by atoms with Crippen LogP contribution in [0.4, 0.5) is 0 Å². The molecule has 22 heavy (non-hydrogen) atoms. The fraction of sp³-hybridized carbons (Fsp3) is 0.471. The summed E-state index contributed by atoms with van der Waals surface area (Å²) in [5.41, 5.74) is 3.41. The Kier molecular flexibility index (Phi) is 4.57. The Morgan fingerprint density at radius 1 is 1.36 bits per heavy atom. The molecule has 1 aromatic carbocycles. The summed E-state index contributed by atoms with van der Waals surface area (Å²) >= 11 is 0. The highest BCUT2D eigenvalue weighted by molar-refractivity contribution is 5.35. The summed E-state index contributed by atoms with van der Waals surface area (Å²) in [4.78, 5) is 2.22. The van der Waals surface area contributed by atoms with Gasteiger partial charge in [-0.2, -0.15) is 5.10 Å². The smallest absolute Gasteiger partial charge is 0.0717 e. The van der Waals surface area contributed by atoms with Crippen molar-refractivity contribution in [3.05, 3.63) is 47.8 Å². The van der Waals surface area contributed by atoms with Gasteiger partial charge in [0.25, 0.3) is 0 Å². The number of hydrogen-bond donors (Lipinski definition) is 2. The predicted octanol–water partition coefficient (Wildman–Crippen LogP) is 1.36. The highest BCUT2D eigenvalue weighted by Crippen LogP contribution is 2.19. The molecule has 1 aliphatic heterocycles. The Morgan fingerprint density at radius 3 is 2.95 bits per heavy atom. The van der Waals surface area contributed by atoms with Gasteiger partial charge in [0.1, 0.15) is 0 Å². The fourth-order valence-corrected chi connectivity index (χ4v) is 3.01. The van der Waals surface area contributed by atoms with Crippen molar-refractivity contribution >= 4 is 0 Å². The van der Waals surface area contributed by atoms with E-state index < -0.39 is 6.10 Å². The lowest BCUT2D eigenvalue weighted by Gasteiger charge is -2.34. The number of aliphatic hydroxyl groups is 2. The standard InChI is InChI=1S/C17H23N3O2/c1-13-3-2-4-16(7-13)20-10-14(8-18-20)9-19-6-5-15(12-21)17(22)11-19/h2-4,7-8,10,15,17,21-22H,5-6,9,11-12H2,1H3/t15-,17+/m0/s1. The van der Waals surface area contributed by atoms with Gasteiger partial charge in [-0.3, -0.25) is 4.90 Å². The van der Waals surface area contributed by atoms with E-state index in [0.717, 1.165) is 30.8 Å². The summed E-state index contributed by atoms with van der Waals surface area (Å²) < 4.78 is 1.89. The summed E-state index contributed by atoms with van der Waals surface area (Å²) in [5.74, 6) is 0.0197. The number of rotatable bonds is 4. The molecule has 0 amide bonds. The van der Waals surface area contributed by atoms with Crippen LogP contribution in [0, 0.1) is 12.8 Å². The summed E-state index contributed by atoms with van der Waals surface area (Å²) in [6, 6.07) is 8.25. The number of aryl methyl sites for hydroxylation is 1. The number of hydrogen-bond acceptors (Lipinski definition) is 4. The zero-order valence-electron chi connectivity index (χ0n) is 12.9. The fourth-order valence-electron chi connectivity index (χ4n) is 3.01. The maximum absolute atomic E-state index is 10.0. The van der Waals surface area contributed by atoms with E-state index in [1.54, 1.807) is 0 Å². The molecule has 2 heterocycles. The first-order valence-electron chi connectivity index (χ1n) is 7.77. The molecule has 5 nitrogen and oxygen atoms in total. The molecule has 0 aliphatic carbocycles. The van der Waals surface area contributed by atoms with Crippen LogP contribution in [0.1, 0.15) is 17.5 Å². The number of β-amino-alcohol motifs (C(OH)–C–C–N with tert-alkyl or cyclic N) is 1. The van der Waals surface area contributed by atoms with Gasteiger partial charge in [-0.1, -0.05) is 12.1 Å². The molecule has 0 unspecified atom stereocenters. The minimum absolute atomic E-state index is 0.0197. The van der Waals surface area contributed by atoms with Gasteiger partial charge >= 0.3 is 0 Å². The third kappa shape index (κ3) is 3.38. The summed E-state index contributed by atoms with van der Waals surface area (Å²) in [5, 5.41) is 23.6. The molecule has 2 atom stereocenters. The Balaban J connectivity index is 1.65. The van der Waals surface area contributed by atoms with Crippen LogP contribution in [-0.4, -0.2) is 50.7 Å². The molecule has 0 spiro atoms. The molecule has 0 radical (unpaired) electrons. The van der Waals surface area contributed by atoms with Gasteiger partial charge in [-0.25, -0.2) is 4.68 Å². The third-order valence-electron chi connectivity index (χ3n) is 4.35. The molecule has 1 fully saturated rings.